The minimum Gasteiger partial charge on any atom is -0.478 e. The van der Waals surface area contributed by atoms with Crippen LogP contribution >= 0.6 is 0 Å². The summed E-state index contributed by atoms with van der Waals surface area (Å²) in [5.41, 5.74) is 0.126. The average Bonchev–Trinajstić information content (AvgIpc) is 2.30. The van der Waals surface area contributed by atoms with Gasteiger partial charge in [0.1, 0.15) is 0 Å². The normalized spacial score (nSPS) is 23.2. The van der Waals surface area contributed by atoms with E-state index in [9.17, 15) is 9.59 Å². The zero-order valence-corrected chi connectivity index (χ0v) is 10.2. The summed E-state index contributed by atoms with van der Waals surface area (Å²) in [6, 6.07) is 0. The van der Waals surface area contributed by atoms with Gasteiger partial charge in [0.15, 0.2) is 0 Å². The van der Waals surface area contributed by atoms with Crippen molar-refractivity contribution in [3.8, 4) is 0 Å². The van der Waals surface area contributed by atoms with Gasteiger partial charge in [0.25, 0.3) is 5.91 Å². The fourth-order valence-electron chi connectivity index (χ4n) is 1.13. The van der Waals surface area contributed by atoms with Crippen molar-refractivity contribution in [3.63, 3.8) is 0 Å². The number of rotatable bonds is 2. The largest absolute Gasteiger partial charge is 0.478 e. The van der Waals surface area contributed by atoms with Gasteiger partial charge < -0.3 is 10.4 Å². The van der Waals surface area contributed by atoms with Crippen molar-refractivity contribution in [3.05, 3.63) is 47.6 Å². The van der Waals surface area contributed by atoms with Gasteiger partial charge in [0.05, 0.1) is 11.1 Å². The first kappa shape index (κ1) is 14.9. The first-order valence-corrected chi connectivity index (χ1v) is 5.38. The second-order valence-corrected chi connectivity index (χ2v) is 2.81. The van der Waals surface area contributed by atoms with E-state index >= 15 is 0 Å². The summed E-state index contributed by atoms with van der Waals surface area (Å²) in [4.78, 5) is 22.3. The third-order valence-corrected chi connectivity index (χ3v) is 1.85. The standard InChI is InChI=1S/C11H11NO3.C2H6/c1-12-10(13)8-6-4-2-3-5-7-9(8)11(14)15;1-2/h2-7H,1H3,(H,12,13)(H,14,15);1-2H3/b3-2?,4-2-,5-3-,6-4?,7-5?,8-6+,9-7+,9-8?;. The molecule has 1 aliphatic carbocycles. The highest BCUT2D eigenvalue weighted by Crippen LogP contribution is 2.13. The number of allylic oxidation sites excluding steroid dienone is 6. The van der Waals surface area contributed by atoms with Crippen LogP contribution in [0.25, 0.3) is 0 Å². The lowest BCUT2D eigenvalue weighted by Crippen LogP contribution is -2.23. The minimum atomic E-state index is -1.12. The SMILES string of the molecule is CC.CNC(=O)C1=C/C=C\C=C/C=C\1C(=O)O. The fourth-order valence-corrected chi connectivity index (χ4v) is 1.13. The van der Waals surface area contributed by atoms with E-state index in [0.29, 0.717) is 0 Å². The minimum absolute atomic E-state index is 0.0186. The molecule has 1 amide bonds. The number of nitrogens with one attached hydrogen (secondary N) is 1. The molecular weight excluding hydrogens is 218 g/mol. The van der Waals surface area contributed by atoms with Crippen molar-refractivity contribution in [1.82, 2.24) is 5.32 Å². The highest BCUT2D eigenvalue weighted by Gasteiger charge is 2.18. The van der Waals surface area contributed by atoms with Crippen molar-refractivity contribution < 1.29 is 14.7 Å². The highest BCUT2D eigenvalue weighted by atomic mass is 16.4. The lowest BCUT2D eigenvalue weighted by atomic mass is 10.0. The molecule has 0 aromatic carbocycles. The second-order valence-electron chi connectivity index (χ2n) is 2.81. The Bertz CT molecular complexity index is 401. The van der Waals surface area contributed by atoms with E-state index in [-0.39, 0.29) is 11.1 Å². The molecule has 1 rings (SSSR count). The summed E-state index contributed by atoms with van der Waals surface area (Å²) >= 11 is 0. The van der Waals surface area contributed by atoms with E-state index < -0.39 is 11.9 Å². The molecule has 0 aromatic heterocycles. The smallest absolute Gasteiger partial charge is 0.336 e. The Labute approximate surface area is 101 Å². The molecule has 1 aliphatic rings. The van der Waals surface area contributed by atoms with Crippen LogP contribution in [0, 0.1) is 0 Å². The first-order chi connectivity index (χ1) is 8.16. The summed E-state index contributed by atoms with van der Waals surface area (Å²) in [7, 11) is 1.46. The molecule has 0 fully saturated rings. The Balaban J connectivity index is 0.00000121. The summed E-state index contributed by atoms with van der Waals surface area (Å²) in [5.74, 6) is -1.53. The van der Waals surface area contributed by atoms with Crippen molar-refractivity contribution in [2.45, 2.75) is 13.8 Å². The monoisotopic (exact) mass is 235 g/mol. The molecule has 0 saturated carbocycles. The van der Waals surface area contributed by atoms with Crippen LogP contribution in [-0.2, 0) is 9.59 Å². The lowest BCUT2D eigenvalue weighted by molar-refractivity contribution is -0.133. The number of carboxylic acid groups (broad SMARTS) is 1. The molecule has 17 heavy (non-hydrogen) atoms. The van der Waals surface area contributed by atoms with Crippen LogP contribution < -0.4 is 5.32 Å². The van der Waals surface area contributed by atoms with Crippen molar-refractivity contribution in [2.75, 3.05) is 7.05 Å². The number of likely N-dealkylation sites (N-methyl/N-ethyl adjacent to an activating group) is 1. The third-order valence-electron chi connectivity index (χ3n) is 1.85. The Morgan fingerprint density at radius 2 is 1.47 bits per heavy atom. The molecule has 0 radical (unpaired) electrons. The van der Waals surface area contributed by atoms with Crippen LogP contribution in [-0.4, -0.2) is 24.0 Å². The van der Waals surface area contributed by atoms with Crippen molar-refractivity contribution >= 4 is 11.9 Å². The molecule has 0 atom stereocenters. The molecule has 0 heterocycles. The van der Waals surface area contributed by atoms with Gasteiger partial charge in [-0.05, 0) is 12.2 Å². The maximum atomic E-state index is 11.4. The van der Waals surface area contributed by atoms with Gasteiger partial charge in [-0.2, -0.15) is 0 Å². The van der Waals surface area contributed by atoms with E-state index in [1.807, 2.05) is 13.8 Å². The summed E-state index contributed by atoms with van der Waals surface area (Å²) in [6.45, 7) is 4.00. The Hall–Kier alpha value is -2.10. The zero-order chi connectivity index (χ0) is 13.3. The highest BCUT2D eigenvalue weighted by molar-refractivity contribution is 6.08. The number of carbonyl (C=O) groups is 2. The molecule has 0 unspecified atom stereocenters. The lowest BCUT2D eigenvalue weighted by Gasteiger charge is -2.06. The predicted octanol–water partition coefficient (Wildman–Crippen LogP) is 1.82. The predicted molar refractivity (Wildman–Crippen MR) is 67.5 cm³/mol. The zero-order valence-electron chi connectivity index (χ0n) is 10.2. The maximum Gasteiger partial charge on any atom is 0.336 e. The van der Waals surface area contributed by atoms with E-state index in [1.165, 1.54) is 19.2 Å². The van der Waals surface area contributed by atoms with Gasteiger partial charge in [-0.15, -0.1) is 0 Å². The number of aliphatic carboxylic acids is 1. The fraction of sp³-hybridized carbons (Fsp3) is 0.231. The molecule has 0 aromatic rings. The molecule has 0 aliphatic heterocycles. The Morgan fingerprint density at radius 1 is 1.00 bits per heavy atom. The third kappa shape index (κ3) is 4.51. The topological polar surface area (TPSA) is 66.4 Å². The van der Waals surface area contributed by atoms with E-state index in [4.69, 9.17) is 5.11 Å². The molecule has 2 N–H and O–H groups in total. The van der Waals surface area contributed by atoms with Crippen LogP contribution in [0.5, 0.6) is 0 Å². The van der Waals surface area contributed by atoms with Crippen LogP contribution in [0.15, 0.2) is 47.6 Å². The molecule has 0 bridgehead atoms. The van der Waals surface area contributed by atoms with Gasteiger partial charge in [0.2, 0.25) is 0 Å². The van der Waals surface area contributed by atoms with Gasteiger partial charge in [-0.1, -0.05) is 38.2 Å². The van der Waals surface area contributed by atoms with Crippen LogP contribution in [0.1, 0.15) is 13.8 Å². The van der Waals surface area contributed by atoms with Gasteiger partial charge in [-0.25, -0.2) is 4.79 Å². The molecular formula is C13H17NO3. The van der Waals surface area contributed by atoms with E-state index in [2.05, 4.69) is 5.32 Å². The second kappa shape index (κ2) is 8.10. The summed E-state index contributed by atoms with van der Waals surface area (Å²) < 4.78 is 0. The molecule has 4 nitrogen and oxygen atoms in total. The van der Waals surface area contributed by atoms with Crippen LogP contribution in [0.2, 0.25) is 0 Å². The van der Waals surface area contributed by atoms with E-state index in [1.54, 1.807) is 24.3 Å². The van der Waals surface area contributed by atoms with Gasteiger partial charge >= 0.3 is 5.97 Å². The molecule has 0 saturated heterocycles. The van der Waals surface area contributed by atoms with Crippen LogP contribution in [0.3, 0.4) is 0 Å². The first-order valence-electron chi connectivity index (χ1n) is 5.38. The molecule has 4 heteroatoms. The van der Waals surface area contributed by atoms with Crippen LogP contribution in [0.4, 0.5) is 0 Å². The van der Waals surface area contributed by atoms with Gasteiger partial charge in [0, 0.05) is 7.05 Å². The summed E-state index contributed by atoms with van der Waals surface area (Å²) in [5, 5.41) is 11.3. The number of hydrogen-bond donors (Lipinski definition) is 2. The van der Waals surface area contributed by atoms with Crippen molar-refractivity contribution in [1.29, 1.82) is 0 Å². The molecule has 92 valence electrons. The maximum absolute atomic E-state index is 11.4. The number of carbonyl (C=O) groups excluding carboxylic acids is 1. The Kier molecular flexibility index (Phi) is 7.10. The molecule has 0 spiro atoms. The van der Waals surface area contributed by atoms with Crippen molar-refractivity contribution in [2.24, 2.45) is 0 Å². The average molecular weight is 235 g/mol. The van der Waals surface area contributed by atoms with E-state index in [0.717, 1.165) is 0 Å². The number of amides is 1. The number of carboxylic acids is 1. The van der Waals surface area contributed by atoms with Gasteiger partial charge in [-0.3, -0.25) is 4.79 Å². The number of hydrogen-bond acceptors (Lipinski definition) is 2. The Morgan fingerprint density at radius 3 is 1.88 bits per heavy atom. The quantitative estimate of drug-likeness (QED) is 0.767. The summed E-state index contributed by atoms with van der Waals surface area (Å²) in [6.07, 6.45) is 9.49.